The Labute approximate surface area is 110 Å². The van der Waals surface area contributed by atoms with Gasteiger partial charge in [0.05, 0.1) is 0 Å². The second kappa shape index (κ2) is 11.2. The van der Waals surface area contributed by atoms with Crippen LogP contribution in [0.15, 0.2) is 0 Å². The van der Waals surface area contributed by atoms with Crippen LogP contribution in [0.3, 0.4) is 0 Å². The fourth-order valence-electron chi connectivity index (χ4n) is 2.17. The molecule has 0 amide bonds. The molecule has 0 atom stereocenters. The van der Waals surface area contributed by atoms with E-state index in [1.54, 1.807) is 39.0 Å². The molecule has 2 aliphatic carbocycles. The monoisotopic (exact) mass is 258 g/mol. The second-order valence-corrected chi connectivity index (χ2v) is 3.83. The Kier molecular flexibility index (Phi) is 14.2. The standard InChI is InChI=1S/C7H12.C3H8.C2H5.Y/c1-2-7-4-3-6(1)5-7;1-3-2;1-2;/h6-7H,1-5H2;3H2,1-2H3;1H2,2H3;/q;;-1;. The minimum absolute atomic E-state index is 0. The molecule has 0 aromatic rings. The van der Waals surface area contributed by atoms with E-state index in [0.29, 0.717) is 0 Å². The van der Waals surface area contributed by atoms with E-state index in [2.05, 4.69) is 20.8 Å². The average molecular weight is 258 g/mol. The molecule has 0 aromatic carbocycles. The van der Waals surface area contributed by atoms with Crippen LogP contribution in [0.5, 0.6) is 0 Å². The molecule has 1 heteroatoms. The molecule has 2 fully saturated rings. The van der Waals surface area contributed by atoms with Crippen molar-refractivity contribution in [3.05, 3.63) is 6.92 Å². The summed E-state index contributed by atoms with van der Waals surface area (Å²) < 4.78 is 0. The quantitative estimate of drug-likeness (QED) is 0.563. The third-order valence-corrected chi connectivity index (χ3v) is 2.63. The van der Waals surface area contributed by atoms with Crippen molar-refractivity contribution in [1.82, 2.24) is 0 Å². The molecule has 0 saturated heterocycles. The van der Waals surface area contributed by atoms with Gasteiger partial charge in [-0.2, -0.15) is 6.92 Å². The van der Waals surface area contributed by atoms with Gasteiger partial charge in [-0.15, -0.1) is 0 Å². The summed E-state index contributed by atoms with van der Waals surface area (Å²) >= 11 is 0. The molecule has 13 heavy (non-hydrogen) atoms. The molecule has 0 nitrogen and oxygen atoms in total. The van der Waals surface area contributed by atoms with Crippen LogP contribution in [0.4, 0.5) is 0 Å². The summed E-state index contributed by atoms with van der Waals surface area (Å²) in [4.78, 5) is 0. The first-order valence-electron chi connectivity index (χ1n) is 5.57. The van der Waals surface area contributed by atoms with Crippen LogP contribution >= 0.6 is 0 Å². The topological polar surface area (TPSA) is 0 Å². The summed E-state index contributed by atoms with van der Waals surface area (Å²) in [6, 6.07) is 0. The van der Waals surface area contributed by atoms with Crippen molar-refractivity contribution in [3.8, 4) is 0 Å². The van der Waals surface area contributed by atoms with Gasteiger partial charge in [0.1, 0.15) is 0 Å². The fraction of sp³-hybridized carbons (Fsp3) is 0.917. The third kappa shape index (κ3) is 7.08. The number of rotatable bonds is 0. The van der Waals surface area contributed by atoms with Crippen molar-refractivity contribution in [2.45, 2.75) is 59.3 Å². The maximum absolute atomic E-state index is 3.25. The molecule has 2 bridgehead atoms. The van der Waals surface area contributed by atoms with Gasteiger partial charge in [0.15, 0.2) is 0 Å². The van der Waals surface area contributed by atoms with Gasteiger partial charge in [-0.1, -0.05) is 46.0 Å². The van der Waals surface area contributed by atoms with Crippen molar-refractivity contribution in [1.29, 1.82) is 0 Å². The van der Waals surface area contributed by atoms with Crippen molar-refractivity contribution < 1.29 is 32.7 Å². The molecule has 0 N–H and O–H groups in total. The first-order chi connectivity index (χ1) is 5.86. The smallest absolute Gasteiger partial charge is 0 e. The average Bonchev–Trinajstić information content (AvgIpc) is 2.72. The van der Waals surface area contributed by atoms with Gasteiger partial charge in [0, 0.05) is 32.7 Å². The predicted molar refractivity (Wildman–Crippen MR) is 57.1 cm³/mol. The number of hydrogen-bond donors (Lipinski definition) is 0. The Bertz CT molecular complexity index is 73.1. The predicted octanol–water partition coefficient (Wildman–Crippen LogP) is 4.45. The van der Waals surface area contributed by atoms with Crippen molar-refractivity contribution in [2.24, 2.45) is 11.8 Å². The third-order valence-electron chi connectivity index (χ3n) is 2.63. The van der Waals surface area contributed by atoms with Crippen LogP contribution in [-0.4, -0.2) is 0 Å². The Morgan fingerprint density at radius 3 is 1.23 bits per heavy atom. The maximum Gasteiger partial charge on any atom is 0 e. The number of fused-ring (bicyclic) bond motifs is 2. The van der Waals surface area contributed by atoms with E-state index in [1.165, 1.54) is 18.3 Å². The van der Waals surface area contributed by atoms with Gasteiger partial charge in [0.2, 0.25) is 0 Å². The molecule has 1 radical (unpaired) electrons. The first kappa shape index (κ1) is 16.5. The number of hydrogen-bond acceptors (Lipinski definition) is 0. The van der Waals surface area contributed by atoms with Crippen LogP contribution in [0.1, 0.15) is 59.3 Å². The van der Waals surface area contributed by atoms with Gasteiger partial charge >= 0.3 is 0 Å². The Morgan fingerprint density at radius 2 is 1.15 bits per heavy atom. The molecule has 2 aliphatic rings. The molecule has 0 heterocycles. The normalized spacial score (nSPS) is 27.7. The molecule has 2 rings (SSSR count). The van der Waals surface area contributed by atoms with Crippen LogP contribution in [-0.2, 0) is 32.7 Å². The zero-order chi connectivity index (χ0) is 9.40. The van der Waals surface area contributed by atoms with Gasteiger partial charge in [-0.3, -0.25) is 0 Å². The SMILES string of the molecule is C1CC2CCC1C2.CCC.[CH2-]C.[Y]. The Hall–Kier alpha value is 1.10. The van der Waals surface area contributed by atoms with Crippen molar-refractivity contribution >= 4 is 0 Å². The molecule has 0 unspecified atom stereocenters. The van der Waals surface area contributed by atoms with Crippen LogP contribution < -0.4 is 0 Å². The van der Waals surface area contributed by atoms with Gasteiger partial charge in [-0.25, -0.2) is 0 Å². The molecular weight excluding hydrogens is 233 g/mol. The van der Waals surface area contributed by atoms with Crippen LogP contribution in [0, 0.1) is 18.8 Å². The largest absolute Gasteiger partial charge is 0.346 e. The first-order valence-corrected chi connectivity index (χ1v) is 5.57. The molecular formula is C12H25Y-. The maximum atomic E-state index is 3.25. The van der Waals surface area contributed by atoms with E-state index in [0.717, 1.165) is 0 Å². The van der Waals surface area contributed by atoms with E-state index in [4.69, 9.17) is 0 Å². The summed E-state index contributed by atoms with van der Waals surface area (Å²) in [7, 11) is 0. The van der Waals surface area contributed by atoms with E-state index >= 15 is 0 Å². The van der Waals surface area contributed by atoms with Gasteiger partial charge in [-0.05, 0) is 18.3 Å². The van der Waals surface area contributed by atoms with Crippen LogP contribution in [0.2, 0.25) is 0 Å². The van der Waals surface area contributed by atoms with Crippen molar-refractivity contribution in [3.63, 3.8) is 0 Å². The second-order valence-electron chi connectivity index (χ2n) is 3.83. The van der Waals surface area contributed by atoms with E-state index in [-0.39, 0.29) is 32.7 Å². The summed E-state index contributed by atoms with van der Waals surface area (Å²) in [6.45, 7) is 9.25. The van der Waals surface area contributed by atoms with Gasteiger partial charge < -0.3 is 6.92 Å². The summed E-state index contributed by atoms with van der Waals surface area (Å²) in [5.74, 6) is 2.34. The van der Waals surface area contributed by atoms with Crippen molar-refractivity contribution in [2.75, 3.05) is 0 Å². The minimum Gasteiger partial charge on any atom is -0.346 e. The Morgan fingerprint density at radius 1 is 0.923 bits per heavy atom. The van der Waals surface area contributed by atoms with E-state index < -0.39 is 0 Å². The van der Waals surface area contributed by atoms with Gasteiger partial charge in [0.25, 0.3) is 0 Å². The Balaban J connectivity index is 0. The fourth-order valence-corrected chi connectivity index (χ4v) is 2.17. The minimum atomic E-state index is 0. The molecule has 0 aromatic heterocycles. The van der Waals surface area contributed by atoms with Crippen LogP contribution in [0.25, 0.3) is 0 Å². The summed E-state index contributed by atoms with van der Waals surface area (Å²) in [5, 5.41) is 0. The molecule has 0 aliphatic heterocycles. The molecule has 2 saturated carbocycles. The van der Waals surface area contributed by atoms with E-state index in [9.17, 15) is 0 Å². The zero-order valence-corrected chi connectivity index (χ0v) is 12.5. The zero-order valence-electron chi connectivity index (χ0n) is 9.68. The summed E-state index contributed by atoms with van der Waals surface area (Å²) in [5.41, 5.74) is 0. The van der Waals surface area contributed by atoms with E-state index in [1.807, 2.05) is 0 Å². The molecule has 77 valence electrons. The summed E-state index contributed by atoms with van der Waals surface area (Å²) in [6.07, 6.45) is 9.07. The molecule has 0 spiro atoms.